The van der Waals surface area contributed by atoms with Gasteiger partial charge in [0.2, 0.25) is 0 Å². The Morgan fingerprint density at radius 2 is 1.63 bits per heavy atom. The van der Waals surface area contributed by atoms with Gasteiger partial charge in [-0.05, 0) is 47.0 Å². The second-order valence-electron chi connectivity index (χ2n) is 10.7. The van der Waals surface area contributed by atoms with Crippen molar-refractivity contribution in [1.29, 1.82) is 0 Å². The number of aliphatic hydroxyl groups excluding tert-OH is 1. The van der Waals surface area contributed by atoms with Gasteiger partial charge in [0, 0.05) is 17.2 Å². The van der Waals surface area contributed by atoms with E-state index in [0.717, 1.165) is 21.9 Å². The highest BCUT2D eigenvalue weighted by Crippen LogP contribution is 2.42. The van der Waals surface area contributed by atoms with Crippen LogP contribution in [0.25, 0.3) is 21.9 Å². The van der Waals surface area contributed by atoms with E-state index in [-0.39, 0.29) is 17.6 Å². The number of hydrogen-bond acceptors (Lipinski definition) is 4. The summed E-state index contributed by atoms with van der Waals surface area (Å²) in [6.07, 6.45) is -1.28. The molecule has 0 saturated heterocycles. The predicted octanol–water partition coefficient (Wildman–Crippen LogP) is 7.40. The van der Waals surface area contributed by atoms with Crippen LogP contribution in [-0.2, 0) is 15.6 Å². The molecule has 3 aromatic carbocycles. The molecule has 2 N–H and O–H groups in total. The minimum Gasteiger partial charge on any atom is -0.481 e. The second-order valence-corrected chi connectivity index (χ2v) is 15.5. The van der Waals surface area contributed by atoms with Crippen molar-refractivity contribution >= 4 is 36.2 Å². The van der Waals surface area contributed by atoms with E-state index < -0.39 is 20.4 Å². The lowest BCUT2D eigenvalue weighted by Crippen LogP contribution is -2.42. The first kappa shape index (κ1) is 25.2. The van der Waals surface area contributed by atoms with E-state index in [1.54, 1.807) is 0 Å². The van der Waals surface area contributed by atoms with Crippen LogP contribution in [0.2, 0.25) is 18.1 Å². The summed E-state index contributed by atoms with van der Waals surface area (Å²) >= 11 is 0. The Kier molecular flexibility index (Phi) is 6.91. The molecular formula is C29H34O5Si. The van der Waals surface area contributed by atoms with E-state index in [4.69, 9.17) is 8.84 Å². The second kappa shape index (κ2) is 9.61. The molecule has 0 saturated carbocycles. The van der Waals surface area contributed by atoms with E-state index in [0.29, 0.717) is 23.2 Å². The number of carbonyl (C=O) groups is 1. The van der Waals surface area contributed by atoms with Crippen LogP contribution in [0.3, 0.4) is 0 Å². The maximum Gasteiger partial charge on any atom is 0.306 e. The Morgan fingerprint density at radius 1 is 0.971 bits per heavy atom. The van der Waals surface area contributed by atoms with Gasteiger partial charge in [-0.25, -0.2) is 0 Å². The number of furan rings is 1. The van der Waals surface area contributed by atoms with Crippen LogP contribution in [0.15, 0.2) is 71.1 Å². The van der Waals surface area contributed by atoms with Crippen LogP contribution in [0.5, 0.6) is 0 Å². The summed E-state index contributed by atoms with van der Waals surface area (Å²) in [5, 5.41) is 22.3. The fraction of sp³-hybridized carbons (Fsp3) is 0.345. The van der Waals surface area contributed by atoms with Gasteiger partial charge in [0.15, 0.2) is 8.32 Å². The molecule has 4 rings (SSSR count). The van der Waals surface area contributed by atoms with E-state index in [1.807, 2.05) is 54.6 Å². The molecule has 0 amide bonds. The average molecular weight is 491 g/mol. The summed E-state index contributed by atoms with van der Waals surface area (Å²) in [6, 6.07) is 21.6. The van der Waals surface area contributed by atoms with Gasteiger partial charge in [-0.3, -0.25) is 4.79 Å². The molecular weight excluding hydrogens is 456 g/mol. The lowest BCUT2D eigenvalue weighted by molar-refractivity contribution is -0.139. The number of aliphatic hydroxyl groups is 1. The van der Waals surface area contributed by atoms with Crippen molar-refractivity contribution in [3.63, 3.8) is 0 Å². The largest absolute Gasteiger partial charge is 0.481 e. The van der Waals surface area contributed by atoms with Crippen LogP contribution >= 0.6 is 0 Å². The highest BCUT2D eigenvalue weighted by atomic mass is 28.4. The van der Waals surface area contributed by atoms with Crippen LogP contribution in [0.1, 0.15) is 56.1 Å². The first-order valence-electron chi connectivity index (χ1n) is 12.0. The Labute approximate surface area is 207 Å². The molecule has 0 fully saturated rings. The molecule has 5 nitrogen and oxygen atoms in total. The average Bonchev–Trinajstić information content (AvgIpc) is 3.16. The number of hydrogen-bond donors (Lipinski definition) is 2. The number of benzene rings is 3. The molecule has 35 heavy (non-hydrogen) atoms. The molecule has 0 bridgehead atoms. The molecule has 2 unspecified atom stereocenters. The van der Waals surface area contributed by atoms with E-state index >= 15 is 0 Å². The van der Waals surface area contributed by atoms with Crippen molar-refractivity contribution < 1.29 is 23.9 Å². The summed E-state index contributed by atoms with van der Waals surface area (Å²) in [5.74, 6) is -1.05. The van der Waals surface area contributed by atoms with Crippen molar-refractivity contribution in [1.82, 2.24) is 0 Å². The number of carboxylic acid groups (broad SMARTS) is 1. The van der Waals surface area contributed by atoms with Gasteiger partial charge in [-0.2, -0.15) is 0 Å². The summed E-state index contributed by atoms with van der Waals surface area (Å²) < 4.78 is 12.9. The molecule has 1 aromatic heterocycles. The lowest BCUT2D eigenvalue weighted by atomic mass is 9.90. The Morgan fingerprint density at radius 3 is 2.29 bits per heavy atom. The van der Waals surface area contributed by atoms with Gasteiger partial charge in [0.1, 0.15) is 11.2 Å². The van der Waals surface area contributed by atoms with E-state index in [1.165, 1.54) is 0 Å². The molecule has 4 aromatic rings. The Hall–Kier alpha value is -2.93. The van der Waals surface area contributed by atoms with Gasteiger partial charge in [0.25, 0.3) is 0 Å². The summed E-state index contributed by atoms with van der Waals surface area (Å²) in [4.78, 5) is 11.6. The van der Waals surface area contributed by atoms with E-state index in [9.17, 15) is 15.0 Å². The van der Waals surface area contributed by atoms with Crippen LogP contribution in [0.4, 0.5) is 0 Å². The standard InChI is InChI=1S/C29H34O5Si/c1-29(2,3)35(4,5)34-25(19-11-7-6-8-12-19)17-20-15-16-24-28(27(20)22(30)18-26(31)32)21-13-9-10-14-23(21)33-24/h6-16,22,25,30H,17-18H2,1-5H3,(H,31,32). The summed E-state index contributed by atoms with van der Waals surface area (Å²) in [7, 11) is -2.13. The Bertz CT molecular complexity index is 1330. The SMILES string of the molecule is CC(C)(C)[Si](C)(C)OC(Cc1ccc2oc3ccccc3c2c1C(O)CC(=O)O)c1ccccc1. The molecule has 2 atom stereocenters. The maximum absolute atomic E-state index is 11.6. The quantitative estimate of drug-likeness (QED) is 0.252. The number of fused-ring (bicyclic) bond motifs is 3. The number of rotatable bonds is 8. The van der Waals surface area contributed by atoms with Gasteiger partial charge in [0.05, 0.1) is 18.6 Å². The fourth-order valence-corrected chi connectivity index (χ4v) is 5.62. The third-order valence-electron chi connectivity index (χ3n) is 7.19. The van der Waals surface area contributed by atoms with Crippen LogP contribution in [-0.4, -0.2) is 24.5 Å². The fourth-order valence-electron chi connectivity index (χ4n) is 4.34. The van der Waals surface area contributed by atoms with Crippen molar-refractivity contribution in [3.05, 3.63) is 83.4 Å². The van der Waals surface area contributed by atoms with Crippen molar-refractivity contribution in [2.24, 2.45) is 0 Å². The van der Waals surface area contributed by atoms with Gasteiger partial charge in [-0.15, -0.1) is 0 Å². The molecule has 0 aliphatic carbocycles. The highest BCUT2D eigenvalue weighted by molar-refractivity contribution is 6.74. The zero-order valence-corrected chi connectivity index (χ0v) is 22.0. The zero-order valence-electron chi connectivity index (χ0n) is 21.0. The maximum atomic E-state index is 11.6. The number of carboxylic acids is 1. The van der Waals surface area contributed by atoms with Gasteiger partial charge in [-0.1, -0.05) is 75.4 Å². The monoisotopic (exact) mass is 490 g/mol. The normalized spacial score (nSPS) is 14.3. The third-order valence-corrected chi connectivity index (χ3v) is 11.7. The van der Waals surface area contributed by atoms with Crippen LogP contribution < -0.4 is 0 Å². The molecule has 184 valence electrons. The van der Waals surface area contributed by atoms with Gasteiger partial charge >= 0.3 is 5.97 Å². The molecule has 0 spiro atoms. The van der Waals surface area contributed by atoms with Crippen molar-refractivity contribution in [2.45, 2.75) is 64.0 Å². The minimum absolute atomic E-state index is 0.0242. The first-order chi connectivity index (χ1) is 16.5. The Balaban J connectivity index is 1.87. The third kappa shape index (κ3) is 5.20. The smallest absolute Gasteiger partial charge is 0.306 e. The topological polar surface area (TPSA) is 79.9 Å². The molecule has 0 aliphatic rings. The predicted molar refractivity (Wildman–Crippen MR) is 142 cm³/mol. The van der Waals surface area contributed by atoms with Crippen molar-refractivity contribution in [2.75, 3.05) is 0 Å². The summed E-state index contributed by atoms with van der Waals surface area (Å²) in [5.41, 5.74) is 3.88. The lowest BCUT2D eigenvalue weighted by Gasteiger charge is -2.39. The first-order valence-corrected chi connectivity index (χ1v) is 14.9. The van der Waals surface area contributed by atoms with Crippen molar-refractivity contribution in [3.8, 4) is 0 Å². The zero-order chi connectivity index (χ0) is 25.4. The minimum atomic E-state index is -2.13. The number of para-hydroxylation sites is 1. The molecule has 1 heterocycles. The van der Waals surface area contributed by atoms with Gasteiger partial charge < -0.3 is 19.1 Å². The van der Waals surface area contributed by atoms with E-state index in [2.05, 4.69) is 46.0 Å². The molecule has 0 aliphatic heterocycles. The molecule has 0 radical (unpaired) electrons. The summed E-state index contributed by atoms with van der Waals surface area (Å²) in [6.45, 7) is 11.1. The molecule has 6 heteroatoms. The van der Waals surface area contributed by atoms with Crippen LogP contribution in [0, 0.1) is 0 Å². The number of aliphatic carboxylic acids is 1. The highest BCUT2D eigenvalue weighted by Gasteiger charge is 2.39.